The van der Waals surface area contributed by atoms with E-state index in [0.29, 0.717) is 24.0 Å². The summed E-state index contributed by atoms with van der Waals surface area (Å²) in [6, 6.07) is 6.03. The molecule has 0 aliphatic heterocycles. The van der Waals surface area contributed by atoms with Gasteiger partial charge in [-0.15, -0.1) is 0 Å². The highest BCUT2D eigenvalue weighted by atomic mass is 79.9. The standard InChI is InChI=1S/C22H29BrN2O3/c1-6-15-10-9-11-16(7-2)20(15)24-22(27)18-17(8-3)25(12-13-28-5)14(4)19(23)21(18)26/h9-11H,6-8,12-13H2,1-5H3,(H,24,27). The molecule has 1 aromatic heterocycles. The molecule has 0 aliphatic rings. The number of amides is 1. The predicted molar refractivity (Wildman–Crippen MR) is 118 cm³/mol. The molecular formula is C22H29BrN2O3. The Labute approximate surface area is 175 Å². The number of carbonyl (C=O) groups is 1. The van der Waals surface area contributed by atoms with Crippen LogP contribution < -0.4 is 10.7 Å². The van der Waals surface area contributed by atoms with Crippen molar-refractivity contribution in [2.45, 2.75) is 53.5 Å². The summed E-state index contributed by atoms with van der Waals surface area (Å²) in [4.78, 5) is 26.2. The SMILES string of the molecule is CCc1cccc(CC)c1NC(=O)c1c(CC)n(CCOC)c(C)c(Br)c1=O. The van der Waals surface area contributed by atoms with Gasteiger partial charge in [0.05, 0.1) is 11.1 Å². The number of hydrogen-bond donors (Lipinski definition) is 1. The Morgan fingerprint density at radius 2 is 1.75 bits per heavy atom. The summed E-state index contributed by atoms with van der Waals surface area (Å²) in [5.41, 5.74) is 4.41. The van der Waals surface area contributed by atoms with Crippen LogP contribution in [0.25, 0.3) is 0 Å². The fraction of sp³-hybridized carbons (Fsp3) is 0.455. The molecule has 1 amide bonds. The first kappa shape index (κ1) is 22.4. The van der Waals surface area contributed by atoms with Crippen molar-refractivity contribution < 1.29 is 9.53 Å². The molecule has 0 saturated heterocycles. The average Bonchev–Trinajstić information content (AvgIpc) is 2.70. The summed E-state index contributed by atoms with van der Waals surface area (Å²) in [5.74, 6) is -0.357. The number of methoxy groups -OCH3 is 1. The lowest BCUT2D eigenvalue weighted by Crippen LogP contribution is -2.30. The molecule has 0 radical (unpaired) electrons. The summed E-state index contributed by atoms with van der Waals surface area (Å²) in [5, 5.41) is 3.04. The Hall–Kier alpha value is -1.92. The van der Waals surface area contributed by atoms with Gasteiger partial charge in [-0.3, -0.25) is 9.59 Å². The minimum atomic E-state index is -0.357. The number of carbonyl (C=O) groups excluding carboxylic acids is 1. The smallest absolute Gasteiger partial charge is 0.261 e. The fourth-order valence-electron chi connectivity index (χ4n) is 3.53. The van der Waals surface area contributed by atoms with Gasteiger partial charge in [0.25, 0.3) is 5.91 Å². The van der Waals surface area contributed by atoms with Crippen molar-refractivity contribution in [3.05, 3.63) is 61.0 Å². The molecule has 0 unspecified atom stereocenters. The van der Waals surface area contributed by atoms with Crippen LogP contribution in [0.4, 0.5) is 5.69 Å². The van der Waals surface area contributed by atoms with Crippen molar-refractivity contribution in [2.75, 3.05) is 19.0 Å². The number of rotatable bonds is 8. The van der Waals surface area contributed by atoms with E-state index >= 15 is 0 Å². The van der Waals surface area contributed by atoms with E-state index in [9.17, 15) is 9.59 Å². The predicted octanol–water partition coefficient (Wildman–Crippen LogP) is 4.51. The van der Waals surface area contributed by atoms with E-state index in [0.717, 1.165) is 41.0 Å². The molecule has 0 fully saturated rings. The van der Waals surface area contributed by atoms with E-state index in [-0.39, 0.29) is 16.9 Å². The third-order valence-electron chi connectivity index (χ3n) is 5.08. The Morgan fingerprint density at radius 3 is 2.25 bits per heavy atom. The molecule has 1 N–H and O–H groups in total. The largest absolute Gasteiger partial charge is 0.383 e. The number of benzene rings is 1. The van der Waals surface area contributed by atoms with Gasteiger partial charge in [-0.25, -0.2) is 0 Å². The van der Waals surface area contributed by atoms with Crippen LogP contribution in [0, 0.1) is 6.92 Å². The first-order chi connectivity index (χ1) is 13.4. The van der Waals surface area contributed by atoms with Gasteiger partial charge in [-0.1, -0.05) is 39.0 Å². The summed E-state index contributed by atoms with van der Waals surface area (Å²) < 4.78 is 7.63. The van der Waals surface area contributed by atoms with Crippen LogP contribution in [0.2, 0.25) is 0 Å². The minimum absolute atomic E-state index is 0.198. The molecule has 0 atom stereocenters. The van der Waals surface area contributed by atoms with Gasteiger partial charge in [0, 0.05) is 30.7 Å². The quantitative estimate of drug-likeness (QED) is 0.646. The highest BCUT2D eigenvalue weighted by Crippen LogP contribution is 2.24. The van der Waals surface area contributed by atoms with Crippen molar-refractivity contribution in [1.29, 1.82) is 0 Å². The molecule has 0 spiro atoms. The lowest BCUT2D eigenvalue weighted by atomic mass is 10.0. The summed E-state index contributed by atoms with van der Waals surface area (Å²) in [7, 11) is 1.64. The molecule has 2 rings (SSSR count). The van der Waals surface area contributed by atoms with E-state index in [1.54, 1.807) is 7.11 Å². The number of ether oxygens (including phenoxy) is 1. The number of para-hydroxylation sites is 1. The first-order valence-corrected chi connectivity index (χ1v) is 10.5. The molecule has 6 heteroatoms. The Bertz CT molecular complexity index is 897. The fourth-order valence-corrected chi connectivity index (χ4v) is 3.94. The molecule has 28 heavy (non-hydrogen) atoms. The second-order valence-corrected chi connectivity index (χ2v) is 7.45. The van der Waals surface area contributed by atoms with Crippen molar-refractivity contribution >= 4 is 27.5 Å². The maximum atomic E-state index is 13.3. The summed E-state index contributed by atoms with van der Waals surface area (Å²) in [6.07, 6.45) is 2.19. The maximum Gasteiger partial charge on any atom is 0.261 e. The zero-order valence-corrected chi connectivity index (χ0v) is 18.9. The zero-order chi connectivity index (χ0) is 20.8. The minimum Gasteiger partial charge on any atom is -0.383 e. The maximum absolute atomic E-state index is 13.3. The van der Waals surface area contributed by atoms with Crippen LogP contribution in [0.5, 0.6) is 0 Å². The van der Waals surface area contributed by atoms with Gasteiger partial charge in [0.1, 0.15) is 5.56 Å². The van der Waals surface area contributed by atoms with Crippen LogP contribution in [0.3, 0.4) is 0 Å². The number of hydrogen-bond acceptors (Lipinski definition) is 3. The number of nitrogens with zero attached hydrogens (tertiary/aromatic N) is 1. The van der Waals surface area contributed by atoms with Crippen LogP contribution in [0.15, 0.2) is 27.5 Å². The van der Waals surface area contributed by atoms with Crippen LogP contribution in [-0.4, -0.2) is 24.2 Å². The van der Waals surface area contributed by atoms with Gasteiger partial charge in [-0.2, -0.15) is 0 Å². The molecule has 0 saturated carbocycles. The van der Waals surface area contributed by atoms with E-state index < -0.39 is 0 Å². The van der Waals surface area contributed by atoms with E-state index in [1.807, 2.05) is 36.6 Å². The van der Waals surface area contributed by atoms with Crippen molar-refractivity contribution in [3.63, 3.8) is 0 Å². The number of nitrogens with one attached hydrogen (secondary N) is 1. The van der Waals surface area contributed by atoms with Gasteiger partial charge in [0.2, 0.25) is 5.43 Å². The normalized spacial score (nSPS) is 10.9. The molecule has 0 bridgehead atoms. The van der Waals surface area contributed by atoms with Gasteiger partial charge < -0.3 is 14.6 Å². The third kappa shape index (κ3) is 4.39. The van der Waals surface area contributed by atoms with Gasteiger partial charge >= 0.3 is 0 Å². The van der Waals surface area contributed by atoms with Crippen molar-refractivity contribution in [2.24, 2.45) is 0 Å². The summed E-state index contributed by atoms with van der Waals surface area (Å²) in [6.45, 7) is 9.03. The molecule has 5 nitrogen and oxygen atoms in total. The van der Waals surface area contributed by atoms with Crippen LogP contribution in [0.1, 0.15) is 53.6 Å². The molecule has 0 aliphatic carbocycles. The third-order valence-corrected chi connectivity index (χ3v) is 6.02. The van der Waals surface area contributed by atoms with Gasteiger partial charge in [0.15, 0.2) is 0 Å². The van der Waals surface area contributed by atoms with Crippen molar-refractivity contribution in [1.82, 2.24) is 4.57 Å². The number of aromatic nitrogens is 1. The number of pyridine rings is 1. The number of halogens is 1. The molecule has 1 aromatic carbocycles. The zero-order valence-electron chi connectivity index (χ0n) is 17.3. The molecular weight excluding hydrogens is 420 g/mol. The number of anilines is 1. The van der Waals surface area contributed by atoms with Crippen LogP contribution >= 0.6 is 15.9 Å². The lowest BCUT2D eigenvalue weighted by Gasteiger charge is -2.21. The second kappa shape index (κ2) is 10.0. The van der Waals surface area contributed by atoms with Crippen molar-refractivity contribution in [3.8, 4) is 0 Å². The van der Waals surface area contributed by atoms with E-state index in [4.69, 9.17) is 4.74 Å². The first-order valence-electron chi connectivity index (χ1n) is 9.73. The van der Waals surface area contributed by atoms with E-state index in [1.165, 1.54) is 0 Å². The Balaban J connectivity index is 2.61. The topological polar surface area (TPSA) is 60.3 Å². The number of aryl methyl sites for hydroxylation is 2. The Kier molecular flexibility index (Phi) is 8.01. The second-order valence-electron chi connectivity index (χ2n) is 6.66. The summed E-state index contributed by atoms with van der Waals surface area (Å²) >= 11 is 3.39. The molecule has 1 heterocycles. The highest BCUT2D eigenvalue weighted by Gasteiger charge is 2.23. The Morgan fingerprint density at radius 1 is 1.14 bits per heavy atom. The molecule has 152 valence electrons. The average molecular weight is 449 g/mol. The highest BCUT2D eigenvalue weighted by molar-refractivity contribution is 9.10. The lowest BCUT2D eigenvalue weighted by molar-refractivity contribution is 0.102. The van der Waals surface area contributed by atoms with Gasteiger partial charge in [-0.05, 0) is 53.2 Å². The monoisotopic (exact) mass is 448 g/mol. The van der Waals surface area contributed by atoms with Crippen LogP contribution in [-0.2, 0) is 30.5 Å². The molecule has 2 aromatic rings. The van der Waals surface area contributed by atoms with E-state index in [2.05, 4.69) is 35.1 Å².